The van der Waals surface area contributed by atoms with Gasteiger partial charge in [-0.15, -0.1) is 0 Å². The number of nitrogens with one attached hydrogen (secondary N) is 1. The van der Waals surface area contributed by atoms with Gasteiger partial charge >= 0.3 is 0 Å². The topological polar surface area (TPSA) is 69.5 Å². The Bertz CT molecular complexity index is 905. The van der Waals surface area contributed by atoms with Crippen molar-refractivity contribution >= 4 is 27.3 Å². The van der Waals surface area contributed by atoms with Crippen molar-refractivity contribution in [3.05, 3.63) is 41.4 Å². The van der Waals surface area contributed by atoms with Crippen LogP contribution in [0, 0.1) is 0 Å². The van der Waals surface area contributed by atoms with Crippen molar-refractivity contribution in [1.82, 2.24) is 4.31 Å². The second kappa shape index (κ2) is 9.86. The number of benzene rings is 2. The standard InChI is InChI=1S/C19H23ClN2O5S.ClH/c1-25-17-12-15(13-18(26-2)19(17)27-3)21-8-10-22(11-9-21)28(23,24)16-6-4-14(20)5-7-16;/h4-7,12-13H,8-11H2,1-3H3;1H. The molecular formula is C19H24Cl2N2O5S. The second-order valence-corrected chi connectivity index (χ2v) is 8.75. The Morgan fingerprint density at radius 1 is 0.931 bits per heavy atom. The van der Waals surface area contributed by atoms with Crippen molar-refractivity contribution in [3.8, 4) is 17.2 Å². The molecule has 7 nitrogen and oxygen atoms in total. The summed E-state index contributed by atoms with van der Waals surface area (Å²) in [7, 11) is 1.19. The van der Waals surface area contributed by atoms with E-state index in [9.17, 15) is 8.42 Å². The fraction of sp³-hybridized carbons (Fsp3) is 0.368. The molecule has 1 heterocycles. The Labute approximate surface area is 182 Å². The Hall–Kier alpha value is -1.71. The van der Waals surface area contributed by atoms with Crippen LogP contribution in [0.2, 0.25) is 5.02 Å². The lowest BCUT2D eigenvalue weighted by Crippen LogP contribution is -3.10. The van der Waals surface area contributed by atoms with Crippen LogP contribution in [-0.4, -0.2) is 60.2 Å². The molecule has 0 aromatic heterocycles. The Balaban J connectivity index is 0.00000300. The van der Waals surface area contributed by atoms with Crippen LogP contribution in [0.5, 0.6) is 17.2 Å². The van der Waals surface area contributed by atoms with E-state index in [1.54, 1.807) is 33.5 Å². The average molecular weight is 463 g/mol. The number of rotatable bonds is 6. The van der Waals surface area contributed by atoms with Gasteiger partial charge in [0.25, 0.3) is 0 Å². The van der Waals surface area contributed by atoms with Crippen LogP contribution in [0.25, 0.3) is 0 Å². The quantitative estimate of drug-likeness (QED) is 0.571. The van der Waals surface area contributed by atoms with Gasteiger partial charge < -0.3 is 31.5 Å². The third-order valence-corrected chi connectivity index (χ3v) is 7.02. The summed E-state index contributed by atoms with van der Waals surface area (Å²) in [6.45, 7) is 2.09. The summed E-state index contributed by atoms with van der Waals surface area (Å²) in [6.07, 6.45) is 0. The lowest BCUT2D eigenvalue weighted by Gasteiger charge is -2.31. The first-order chi connectivity index (χ1) is 13.4. The van der Waals surface area contributed by atoms with Crippen molar-refractivity contribution in [2.45, 2.75) is 4.90 Å². The number of methoxy groups -OCH3 is 3. The van der Waals surface area contributed by atoms with Gasteiger partial charge in [0.15, 0.2) is 11.5 Å². The lowest BCUT2D eigenvalue weighted by atomic mass is 10.2. The van der Waals surface area contributed by atoms with Gasteiger partial charge in [0.05, 0.1) is 52.4 Å². The summed E-state index contributed by atoms with van der Waals surface area (Å²) in [5, 5.41) is 0.510. The first-order valence-electron chi connectivity index (χ1n) is 8.81. The minimum absolute atomic E-state index is 0. The molecular weight excluding hydrogens is 439 g/mol. The van der Waals surface area contributed by atoms with Crippen LogP contribution in [0.3, 0.4) is 0 Å². The molecule has 0 saturated carbocycles. The van der Waals surface area contributed by atoms with Gasteiger partial charge in [-0.2, -0.15) is 4.31 Å². The van der Waals surface area contributed by atoms with Gasteiger partial charge in [0.1, 0.15) is 5.69 Å². The van der Waals surface area contributed by atoms with E-state index >= 15 is 0 Å². The predicted molar refractivity (Wildman–Crippen MR) is 107 cm³/mol. The smallest absolute Gasteiger partial charge is 0.243 e. The lowest BCUT2D eigenvalue weighted by molar-refractivity contribution is -0.837. The van der Waals surface area contributed by atoms with Gasteiger partial charge in [0, 0.05) is 17.2 Å². The van der Waals surface area contributed by atoms with E-state index in [4.69, 9.17) is 25.8 Å². The molecule has 0 atom stereocenters. The molecule has 10 heteroatoms. The third kappa shape index (κ3) is 4.90. The van der Waals surface area contributed by atoms with E-state index in [0.29, 0.717) is 48.5 Å². The van der Waals surface area contributed by atoms with Gasteiger partial charge in [0.2, 0.25) is 15.8 Å². The molecule has 29 heavy (non-hydrogen) atoms. The number of sulfonamides is 1. The van der Waals surface area contributed by atoms with E-state index in [1.807, 2.05) is 12.1 Å². The zero-order valence-corrected chi connectivity index (χ0v) is 18.8. The summed E-state index contributed by atoms with van der Waals surface area (Å²) >= 11 is 5.86. The molecule has 2 aromatic carbocycles. The molecule has 2 aromatic rings. The Morgan fingerprint density at radius 3 is 1.90 bits per heavy atom. The highest BCUT2D eigenvalue weighted by atomic mass is 35.5. The van der Waals surface area contributed by atoms with Crippen molar-refractivity contribution in [2.75, 3.05) is 47.5 Å². The van der Waals surface area contributed by atoms with Crippen LogP contribution >= 0.6 is 11.6 Å². The van der Waals surface area contributed by atoms with E-state index in [2.05, 4.69) is 0 Å². The van der Waals surface area contributed by atoms with Gasteiger partial charge in [-0.1, -0.05) is 11.6 Å². The Kier molecular flexibility index (Phi) is 8.02. The highest BCUT2D eigenvalue weighted by Gasteiger charge is 2.32. The van der Waals surface area contributed by atoms with E-state index in [1.165, 1.54) is 16.4 Å². The zero-order valence-electron chi connectivity index (χ0n) is 16.4. The van der Waals surface area contributed by atoms with E-state index < -0.39 is 10.0 Å². The minimum atomic E-state index is -3.53. The van der Waals surface area contributed by atoms with Crippen molar-refractivity contribution in [2.24, 2.45) is 0 Å². The maximum atomic E-state index is 12.8. The van der Waals surface area contributed by atoms with Crippen LogP contribution in [0.15, 0.2) is 41.3 Å². The highest BCUT2D eigenvalue weighted by molar-refractivity contribution is 7.89. The van der Waals surface area contributed by atoms with Gasteiger partial charge in [-0.3, -0.25) is 0 Å². The summed E-state index contributed by atoms with van der Waals surface area (Å²) < 4.78 is 43.4. The summed E-state index contributed by atoms with van der Waals surface area (Å²) in [6, 6.07) is 10.1. The summed E-state index contributed by atoms with van der Waals surface area (Å²) in [5.41, 5.74) is 0.970. The zero-order chi connectivity index (χ0) is 20.3. The fourth-order valence-electron chi connectivity index (χ4n) is 3.33. The van der Waals surface area contributed by atoms with Crippen LogP contribution < -0.4 is 31.5 Å². The first-order valence-corrected chi connectivity index (χ1v) is 10.6. The van der Waals surface area contributed by atoms with Crippen molar-refractivity contribution in [1.29, 1.82) is 0 Å². The molecule has 0 aliphatic carbocycles. The molecule has 0 amide bonds. The largest absolute Gasteiger partial charge is 1.00 e. The monoisotopic (exact) mass is 462 g/mol. The Morgan fingerprint density at radius 2 is 1.45 bits per heavy atom. The molecule has 1 fully saturated rings. The summed E-state index contributed by atoms with van der Waals surface area (Å²) in [5.74, 6) is 1.71. The molecule has 0 unspecified atom stereocenters. The first kappa shape index (κ1) is 23.6. The van der Waals surface area contributed by atoms with E-state index in [-0.39, 0.29) is 17.3 Å². The molecule has 0 spiro atoms. The predicted octanol–water partition coefficient (Wildman–Crippen LogP) is -1.41. The molecule has 1 N–H and O–H groups in total. The SMILES string of the molecule is COc1cc([NH+]2CCN(S(=O)(=O)c3ccc(Cl)cc3)CC2)cc(OC)c1OC.[Cl-]. The fourth-order valence-corrected chi connectivity index (χ4v) is 4.89. The van der Waals surface area contributed by atoms with Crippen LogP contribution in [0.1, 0.15) is 0 Å². The highest BCUT2D eigenvalue weighted by Crippen LogP contribution is 2.39. The molecule has 1 aliphatic rings. The van der Waals surface area contributed by atoms with Crippen LogP contribution in [-0.2, 0) is 10.0 Å². The molecule has 1 saturated heterocycles. The molecule has 1 aliphatic heterocycles. The molecule has 160 valence electrons. The van der Waals surface area contributed by atoms with Gasteiger partial charge in [-0.25, -0.2) is 8.42 Å². The average Bonchev–Trinajstić information content (AvgIpc) is 2.73. The third-order valence-electron chi connectivity index (χ3n) is 4.85. The number of quaternary nitrogens is 1. The maximum absolute atomic E-state index is 12.8. The van der Waals surface area contributed by atoms with Crippen molar-refractivity contribution in [3.63, 3.8) is 0 Å². The molecule has 0 radical (unpaired) electrons. The summed E-state index contributed by atoms with van der Waals surface area (Å²) in [4.78, 5) is 1.41. The van der Waals surface area contributed by atoms with Gasteiger partial charge in [-0.05, 0) is 24.3 Å². The number of piperazine rings is 1. The maximum Gasteiger partial charge on any atom is 0.243 e. The van der Waals surface area contributed by atoms with Crippen LogP contribution in [0.4, 0.5) is 5.69 Å². The minimum Gasteiger partial charge on any atom is -1.00 e. The normalized spacial score (nSPS) is 15.4. The number of nitrogens with zero attached hydrogens (tertiary/aromatic N) is 1. The number of ether oxygens (including phenoxy) is 3. The number of hydrogen-bond donors (Lipinski definition) is 1. The molecule has 0 bridgehead atoms. The second-order valence-electron chi connectivity index (χ2n) is 6.38. The van der Waals surface area contributed by atoms with Crippen molar-refractivity contribution < 1.29 is 39.9 Å². The molecule has 3 rings (SSSR count). The number of hydrogen-bond acceptors (Lipinski definition) is 5. The van der Waals surface area contributed by atoms with E-state index in [0.717, 1.165) is 10.6 Å². The number of halogens is 2.